The van der Waals surface area contributed by atoms with Gasteiger partial charge in [-0.3, -0.25) is 14.5 Å². The van der Waals surface area contributed by atoms with Crippen LogP contribution in [0, 0.1) is 5.92 Å². The predicted octanol–water partition coefficient (Wildman–Crippen LogP) is 2.83. The molecule has 0 atom stereocenters. The molecule has 1 aliphatic heterocycles. The van der Waals surface area contributed by atoms with Gasteiger partial charge in [-0.15, -0.1) is 0 Å². The Morgan fingerprint density at radius 3 is 2.21 bits per heavy atom. The van der Waals surface area contributed by atoms with Crippen molar-refractivity contribution in [2.75, 3.05) is 49.5 Å². The summed E-state index contributed by atoms with van der Waals surface area (Å²) in [5.41, 5.74) is 2.58. The minimum absolute atomic E-state index is 0.0328. The van der Waals surface area contributed by atoms with E-state index in [1.54, 1.807) is 24.3 Å². The lowest BCUT2D eigenvalue weighted by molar-refractivity contribution is -0.118. The summed E-state index contributed by atoms with van der Waals surface area (Å²) in [6, 6.07) is 17.5. The van der Waals surface area contributed by atoms with Crippen LogP contribution in [0.4, 0.5) is 11.4 Å². The summed E-state index contributed by atoms with van der Waals surface area (Å²) in [4.78, 5) is 28.8. The second-order valence-corrected chi connectivity index (χ2v) is 7.64. The molecular formula is C23H30N4O2. The molecule has 0 radical (unpaired) electrons. The molecule has 1 aliphatic rings. The minimum Gasteiger partial charge on any atom is -0.369 e. The van der Waals surface area contributed by atoms with Gasteiger partial charge in [0.05, 0.1) is 0 Å². The quantitative estimate of drug-likeness (QED) is 0.758. The van der Waals surface area contributed by atoms with E-state index in [9.17, 15) is 9.59 Å². The lowest BCUT2D eigenvalue weighted by atomic mass is 10.1. The van der Waals surface area contributed by atoms with Gasteiger partial charge in [0.1, 0.15) is 0 Å². The monoisotopic (exact) mass is 394 g/mol. The zero-order valence-electron chi connectivity index (χ0n) is 17.2. The van der Waals surface area contributed by atoms with Crippen molar-refractivity contribution in [3.05, 3.63) is 60.2 Å². The third-order valence-electron chi connectivity index (χ3n) is 5.15. The Morgan fingerprint density at radius 2 is 1.59 bits per heavy atom. The van der Waals surface area contributed by atoms with E-state index in [1.807, 2.05) is 19.9 Å². The number of anilines is 2. The van der Waals surface area contributed by atoms with Gasteiger partial charge in [-0.2, -0.15) is 0 Å². The van der Waals surface area contributed by atoms with Gasteiger partial charge in [0.2, 0.25) is 5.91 Å². The largest absolute Gasteiger partial charge is 0.369 e. The van der Waals surface area contributed by atoms with Gasteiger partial charge in [0.25, 0.3) is 5.91 Å². The molecule has 3 rings (SSSR count). The first kappa shape index (κ1) is 20.9. The number of para-hydroxylation sites is 1. The second-order valence-electron chi connectivity index (χ2n) is 7.64. The summed E-state index contributed by atoms with van der Waals surface area (Å²) in [6.45, 7) is 9.15. The first-order chi connectivity index (χ1) is 14.0. The number of piperazine rings is 1. The molecule has 0 bridgehead atoms. The number of hydrogen-bond donors (Lipinski definition) is 2. The van der Waals surface area contributed by atoms with Gasteiger partial charge in [-0.05, 0) is 36.4 Å². The number of rotatable bonds is 7. The topological polar surface area (TPSA) is 64.7 Å². The van der Waals surface area contributed by atoms with Crippen molar-refractivity contribution >= 4 is 23.2 Å². The van der Waals surface area contributed by atoms with E-state index in [-0.39, 0.29) is 17.7 Å². The van der Waals surface area contributed by atoms with E-state index in [0.29, 0.717) is 17.8 Å². The van der Waals surface area contributed by atoms with Crippen LogP contribution in [0.5, 0.6) is 0 Å². The van der Waals surface area contributed by atoms with Crippen molar-refractivity contribution in [3.8, 4) is 0 Å². The van der Waals surface area contributed by atoms with Crippen LogP contribution in [0.15, 0.2) is 54.6 Å². The van der Waals surface area contributed by atoms with E-state index < -0.39 is 0 Å². The number of nitrogens with one attached hydrogen (secondary N) is 2. The summed E-state index contributed by atoms with van der Waals surface area (Å²) in [7, 11) is 0. The molecule has 0 unspecified atom stereocenters. The molecule has 29 heavy (non-hydrogen) atoms. The first-order valence-electron chi connectivity index (χ1n) is 10.2. The first-order valence-corrected chi connectivity index (χ1v) is 10.2. The number of hydrogen-bond acceptors (Lipinski definition) is 4. The fourth-order valence-electron chi connectivity index (χ4n) is 3.29. The smallest absolute Gasteiger partial charge is 0.251 e. The zero-order valence-corrected chi connectivity index (χ0v) is 17.2. The van der Waals surface area contributed by atoms with Crippen LogP contribution in [0.2, 0.25) is 0 Å². The highest BCUT2D eigenvalue weighted by Crippen LogP contribution is 2.15. The summed E-state index contributed by atoms with van der Waals surface area (Å²) < 4.78 is 0. The van der Waals surface area contributed by atoms with Crippen LogP contribution in [0.25, 0.3) is 0 Å². The second kappa shape index (κ2) is 10.1. The number of amides is 2. The number of carbonyl (C=O) groups excluding carboxylic acids is 2. The highest BCUT2D eigenvalue weighted by Gasteiger charge is 2.17. The highest BCUT2D eigenvalue weighted by atomic mass is 16.2. The van der Waals surface area contributed by atoms with Gasteiger partial charge < -0.3 is 15.5 Å². The standard InChI is InChI=1S/C23H30N4O2/c1-18(2)22(28)25-20-10-8-19(9-11-20)23(29)24-12-13-26-14-16-27(17-15-26)21-6-4-3-5-7-21/h3-11,18H,12-17H2,1-2H3,(H,24,29)(H,25,28). The van der Waals surface area contributed by atoms with Gasteiger partial charge in [-0.25, -0.2) is 0 Å². The van der Waals surface area contributed by atoms with E-state index in [4.69, 9.17) is 0 Å². The SMILES string of the molecule is CC(C)C(=O)Nc1ccc(C(=O)NCCN2CCN(c3ccccc3)CC2)cc1. The van der Waals surface area contributed by atoms with Crippen molar-refractivity contribution < 1.29 is 9.59 Å². The molecule has 0 aromatic heterocycles. The van der Waals surface area contributed by atoms with Crippen LogP contribution in [0.1, 0.15) is 24.2 Å². The van der Waals surface area contributed by atoms with Crippen molar-refractivity contribution in [1.82, 2.24) is 10.2 Å². The molecule has 2 N–H and O–H groups in total. The van der Waals surface area contributed by atoms with E-state index >= 15 is 0 Å². The van der Waals surface area contributed by atoms with Crippen molar-refractivity contribution in [2.24, 2.45) is 5.92 Å². The van der Waals surface area contributed by atoms with Crippen molar-refractivity contribution in [2.45, 2.75) is 13.8 Å². The molecule has 2 amide bonds. The Balaban J connectivity index is 1.38. The third kappa shape index (κ3) is 6.06. The average molecular weight is 395 g/mol. The fourth-order valence-corrected chi connectivity index (χ4v) is 3.29. The normalized spacial score (nSPS) is 14.7. The fraction of sp³-hybridized carbons (Fsp3) is 0.391. The molecule has 0 aliphatic carbocycles. The molecule has 6 nitrogen and oxygen atoms in total. The summed E-state index contributed by atoms with van der Waals surface area (Å²) in [5.74, 6) is -0.197. The molecule has 154 valence electrons. The number of carbonyl (C=O) groups is 2. The summed E-state index contributed by atoms with van der Waals surface area (Å²) in [5, 5.41) is 5.81. The van der Waals surface area contributed by atoms with Crippen molar-refractivity contribution in [1.29, 1.82) is 0 Å². The highest BCUT2D eigenvalue weighted by molar-refractivity contribution is 5.96. The van der Waals surface area contributed by atoms with E-state index in [1.165, 1.54) is 5.69 Å². The van der Waals surface area contributed by atoms with Gasteiger partial charge >= 0.3 is 0 Å². The van der Waals surface area contributed by atoms with Crippen LogP contribution in [-0.2, 0) is 4.79 Å². The Bertz CT molecular complexity index is 797. The third-order valence-corrected chi connectivity index (χ3v) is 5.15. The Morgan fingerprint density at radius 1 is 0.931 bits per heavy atom. The Hall–Kier alpha value is -2.86. The van der Waals surface area contributed by atoms with Gasteiger partial charge in [-0.1, -0.05) is 32.0 Å². The summed E-state index contributed by atoms with van der Waals surface area (Å²) >= 11 is 0. The number of nitrogens with zero attached hydrogens (tertiary/aromatic N) is 2. The maximum atomic E-state index is 12.3. The molecule has 1 heterocycles. The molecule has 6 heteroatoms. The van der Waals surface area contributed by atoms with Crippen LogP contribution in [-0.4, -0.2) is 56.0 Å². The van der Waals surface area contributed by atoms with Crippen molar-refractivity contribution in [3.63, 3.8) is 0 Å². The molecule has 0 saturated carbocycles. The van der Waals surface area contributed by atoms with Gasteiger partial charge in [0, 0.05) is 62.1 Å². The number of benzene rings is 2. The zero-order chi connectivity index (χ0) is 20.6. The van der Waals surface area contributed by atoms with Crippen LogP contribution < -0.4 is 15.5 Å². The molecule has 2 aromatic rings. The average Bonchev–Trinajstić information content (AvgIpc) is 2.75. The van der Waals surface area contributed by atoms with Gasteiger partial charge in [0.15, 0.2) is 0 Å². The molecule has 1 fully saturated rings. The maximum absolute atomic E-state index is 12.3. The minimum atomic E-state index is -0.0883. The lowest BCUT2D eigenvalue weighted by Crippen LogP contribution is -2.48. The molecule has 1 saturated heterocycles. The predicted molar refractivity (Wildman–Crippen MR) is 117 cm³/mol. The lowest BCUT2D eigenvalue weighted by Gasteiger charge is -2.36. The van der Waals surface area contributed by atoms with E-state index in [0.717, 1.165) is 32.7 Å². The molecule has 2 aromatic carbocycles. The molecular weight excluding hydrogens is 364 g/mol. The van der Waals surface area contributed by atoms with Crippen LogP contribution >= 0.6 is 0 Å². The Labute approximate surface area is 172 Å². The maximum Gasteiger partial charge on any atom is 0.251 e. The molecule has 0 spiro atoms. The summed E-state index contributed by atoms with van der Waals surface area (Å²) in [6.07, 6.45) is 0. The Kier molecular flexibility index (Phi) is 7.25. The van der Waals surface area contributed by atoms with E-state index in [2.05, 4.69) is 44.7 Å². The van der Waals surface area contributed by atoms with Crippen LogP contribution in [0.3, 0.4) is 0 Å².